The van der Waals surface area contributed by atoms with E-state index in [0.717, 1.165) is 24.1 Å². The fourth-order valence-electron chi connectivity index (χ4n) is 1.56. The van der Waals surface area contributed by atoms with E-state index < -0.39 is 0 Å². The third kappa shape index (κ3) is 1.92. The minimum Gasteiger partial charge on any atom is -0.508 e. The number of hydrogen-bond donors (Lipinski definition) is 2. The monoisotopic (exact) mass is 203 g/mol. The summed E-state index contributed by atoms with van der Waals surface area (Å²) >= 11 is 0. The van der Waals surface area contributed by atoms with Crippen molar-refractivity contribution in [1.82, 2.24) is 5.32 Å². The first-order chi connectivity index (χ1) is 5.77. The molecule has 0 saturated heterocycles. The molecule has 1 aliphatic heterocycles. The molecule has 4 heteroatoms. The van der Waals surface area contributed by atoms with Gasteiger partial charge in [-0.05, 0) is 30.2 Å². The van der Waals surface area contributed by atoms with Crippen molar-refractivity contribution in [1.29, 1.82) is 0 Å². The number of rotatable bonds is 0. The van der Waals surface area contributed by atoms with Gasteiger partial charge in [-0.2, -0.15) is 0 Å². The average Bonchev–Trinajstić information content (AvgIpc) is 2.04. The summed E-state index contributed by atoms with van der Waals surface area (Å²) in [6, 6.07) is 2.64. The molecule has 1 aromatic rings. The first-order valence-corrected chi connectivity index (χ1v) is 3.98. The van der Waals surface area contributed by atoms with Crippen LogP contribution in [0.2, 0.25) is 0 Å². The van der Waals surface area contributed by atoms with E-state index in [2.05, 4.69) is 5.32 Å². The van der Waals surface area contributed by atoms with Gasteiger partial charge in [0, 0.05) is 12.6 Å². The van der Waals surface area contributed by atoms with E-state index in [9.17, 15) is 9.50 Å². The summed E-state index contributed by atoms with van der Waals surface area (Å²) in [6.07, 6.45) is 0.779. The lowest BCUT2D eigenvalue weighted by atomic mass is 10.00. The number of nitrogens with one attached hydrogen (secondary N) is 1. The summed E-state index contributed by atoms with van der Waals surface area (Å²) in [5.41, 5.74) is 1.76. The molecular weight excluding hydrogens is 193 g/mol. The van der Waals surface area contributed by atoms with Gasteiger partial charge in [-0.25, -0.2) is 4.39 Å². The van der Waals surface area contributed by atoms with Crippen molar-refractivity contribution >= 4 is 12.4 Å². The highest BCUT2D eigenvalue weighted by atomic mass is 35.5. The number of hydrogen-bond acceptors (Lipinski definition) is 2. The van der Waals surface area contributed by atoms with Crippen molar-refractivity contribution < 1.29 is 9.50 Å². The van der Waals surface area contributed by atoms with Gasteiger partial charge in [-0.3, -0.25) is 0 Å². The Balaban J connectivity index is 0.000000845. The first kappa shape index (κ1) is 10.3. The number of benzene rings is 1. The van der Waals surface area contributed by atoms with Crippen molar-refractivity contribution in [2.24, 2.45) is 0 Å². The molecule has 72 valence electrons. The SMILES string of the molecule is Cl.Oc1cc(F)cc2c1CCNC2. The van der Waals surface area contributed by atoms with Crippen molar-refractivity contribution in [3.8, 4) is 5.75 Å². The normalized spacial score (nSPS) is 14.5. The zero-order chi connectivity index (χ0) is 8.55. The van der Waals surface area contributed by atoms with Crippen LogP contribution in [0.4, 0.5) is 4.39 Å². The highest BCUT2D eigenvalue weighted by Crippen LogP contribution is 2.25. The van der Waals surface area contributed by atoms with E-state index >= 15 is 0 Å². The van der Waals surface area contributed by atoms with Crippen LogP contribution in [-0.2, 0) is 13.0 Å². The van der Waals surface area contributed by atoms with E-state index in [1.807, 2.05) is 0 Å². The molecule has 0 saturated carbocycles. The molecule has 2 N–H and O–H groups in total. The minimum absolute atomic E-state index is 0. The molecule has 0 radical (unpaired) electrons. The molecule has 1 aliphatic rings. The van der Waals surface area contributed by atoms with Crippen molar-refractivity contribution in [3.05, 3.63) is 29.1 Å². The molecule has 13 heavy (non-hydrogen) atoms. The Morgan fingerprint density at radius 1 is 1.38 bits per heavy atom. The summed E-state index contributed by atoms with van der Waals surface area (Å²) in [7, 11) is 0. The first-order valence-electron chi connectivity index (χ1n) is 3.98. The second kappa shape index (κ2) is 3.94. The van der Waals surface area contributed by atoms with E-state index in [1.165, 1.54) is 12.1 Å². The number of phenolic OH excluding ortho intramolecular Hbond substituents is 1. The third-order valence-corrected chi connectivity index (χ3v) is 2.15. The third-order valence-electron chi connectivity index (χ3n) is 2.15. The number of aromatic hydroxyl groups is 1. The van der Waals surface area contributed by atoms with Gasteiger partial charge in [0.15, 0.2) is 0 Å². The van der Waals surface area contributed by atoms with E-state index in [1.54, 1.807) is 0 Å². The van der Waals surface area contributed by atoms with E-state index in [0.29, 0.717) is 6.54 Å². The number of fused-ring (bicyclic) bond motifs is 1. The van der Waals surface area contributed by atoms with Gasteiger partial charge >= 0.3 is 0 Å². The Morgan fingerprint density at radius 3 is 2.92 bits per heavy atom. The van der Waals surface area contributed by atoms with Gasteiger partial charge in [0.25, 0.3) is 0 Å². The van der Waals surface area contributed by atoms with Crippen molar-refractivity contribution in [3.63, 3.8) is 0 Å². The van der Waals surface area contributed by atoms with Gasteiger partial charge in [-0.1, -0.05) is 0 Å². The molecule has 0 fully saturated rings. The van der Waals surface area contributed by atoms with E-state index in [-0.39, 0.29) is 24.0 Å². The molecule has 0 aliphatic carbocycles. The minimum atomic E-state index is -0.366. The molecule has 2 nitrogen and oxygen atoms in total. The van der Waals surface area contributed by atoms with Gasteiger partial charge in [0.2, 0.25) is 0 Å². The van der Waals surface area contributed by atoms with Crippen LogP contribution in [0.15, 0.2) is 12.1 Å². The zero-order valence-corrected chi connectivity index (χ0v) is 7.83. The van der Waals surface area contributed by atoms with Crippen LogP contribution in [0.25, 0.3) is 0 Å². The summed E-state index contributed by atoms with van der Waals surface area (Å²) in [5, 5.41) is 12.5. The Labute approximate surface area is 82.2 Å². The molecule has 0 aromatic heterocycles. The summed E-state index contributed by atoms with van der Waals surface area (Å²) in [4.78, 5) is 0. The van der Waals surface area contributed by atoms with Crippen LogP contribution in [0.5, 0.6) is 5.75 Å². The number of phenols is 1. The van der Waals surface area contributed by atoms with Crippen LogP contribution in [0.3, 0.4) is 0 Å². The van der Waals surface area contributed by atoms with E-state index in [4.69, 9.17) is 0 Å². The van der Waals surface area contributed by atoms with Crippen molar-refractivity contribution in [2.45, 2.75) is 13.0 Å². The fourth-order valence-corrected chi connectivity index (χ4v) is 1.56. The predicted octanol–water partition coefficient (Wildman–Crippen LogP) is 1.60. The molecule has 0 amide bonds. The van der Waals surface area contributed by atoms with Crippen LogP contribution in [0, 0.1) is 5.82 Å². The average molecular weight is 204 g/mol. The molecule has 2 rings (SSSR count). The maximum Gasteiger partial charge on any atom is 0.127 e. The molecule has 0 atom stereocenters. The van der Waals surface area contributed by atoms with Gasteiger partial charge in [-0.15, -0.1) is 12.4 Å². The quantitative estimate of drug-likeness (QED) is 0.672. The molecule has 0 spiro atoms. The van der Waals surface area contributed by atoms with Crippen LogP contribution < -0.4 is 5.32 Å². The van der Waals surface area contributed by atoms with Crippen molar-refractivity contribution in [2.75, 3.05) is 6.54 Å². The summed E-state index contributed by atoms with van der Waals surface area (Å²) in [5.74, 6) is -0.276. The second-order valence-corrected chi connectivity index (χ2v) is 2.99. The molecule has 1 aromatic carbocycles. The highest BCUT2D eigenvalue weighted by molar-refractivity contribution is 5.85. The summed E-state index contributed by atoms with van der Waals surface area (Å²) in [6.45, 7) is 1.51. The highest BCUT2D eigenvalue weighted by Gasteiger charge is 2.13. The maximum atomic E-state index is 12.8. The largest absolute Gasteiger partial charge is 0.508 e. The molecule has 0 bridgehead atoms. The van der Waals surface area contributed by atoms with Gasteiger partial charge in [0.05, 0.1) is 0 Å². The lowest BCUT2D eigenvalue weighted by Crippen LogP contribution is -2.23. The number of halogens is 2. The molecular formula is C9H11ClFNO. The lowest BCUT2D eigenvalue weighted by molar-refractivity contribution is 0.454. The standard InChI is InChI=1S/C9H10FNO.ClH/c10-7-3-6-5-11-2-1-8(6)9(12)4-7;/h3-4,11-12H,1-2,5H2;1H. The molecule has 0 unspecified atom stereocenters. The maximum absolute atomic E-state index is 12.8. The van der Waals surface area contributed by atoms with Crippen LogP contribution in [-0.4, -0.2) is 11.7 Å². The second-order valence-electron chi connectivity index (χ2n) is 2.99. The lowest BCUT2D eigenvalue weighted by Gasteiger charge is -2.17. The Bertz CT molecular complexity index is 317. The topological polar surface area (TPSA) is 32.3 Å². The van der Waals surface area contributed by atoms with Crippen LogP contribution in [0.1, 0.15) is 11.1 Å². The zero-order valence-electron chi connectivity index (χ0n) is 7.01. The Hall–Kier alpha value is -0.800. The van der Waals surface area contributed by atoms with Gasteiger partial charge < -0.3 is 10.4 Å². The molecule has 1 heterocycles. The predicted molar refractivity (Wildman–Crippen MR) is 50.7 cm³/mol. The Morgan fingerprint density at radius 2 is 2.15 bits per heavy atom. The van der Waals surface area contributed by atoms with Gasteiger partial charge in [0.1, 0.15) is 11.6 Å². The Kier molecular flexibility index (Phi) is 3.12. The fraction of sp³-hybridized carbons (Fsp3) is 0.333. The summed E-state index contributed by atoms with van der Waals surface area (Å²) < 4.78 is 12.8. The van der Waals surface area contributed by atoms with Crippen LogP contribution >= 0.6 is 12.4 Å². The smallest absolute Gasteiger partial charge is 0.127 e.